The van der Waals surface area contributed by atoms with E-state index in [0.717, 1.165) is 18.7 Å². The summed E-state index contributed by atoms with van der Waals surface area (Å²) < 4.78 is 10.1. The molecule has 0 bridgehead atoms. The molecule has 1 N–H and O–H groups in total. The maximum atomic E-state index is 9.03. The lowest BCUT2D eigenvalue weighted by molar-refractivity contribution is 0.200. The first-order chi connectivity index (χ1) is 9.21. The number of nitrogens with one attached hydrogen (secondary N) is 1. The second-order valence-electron chi connectivity index (χ2n) is 4.23. The highest BCUT2D eigenvalue weighted by Gasteiger charge is 2.02. The van der Waals surface area contributed by atoms with Gasteiger partial charge in [0, 0.05) is 20.2 Å². The van der Waals surface area contributed by atoms with E-state index in [0.29, 0.717) is 17.9 Å². The topological polar surface area (TPSA) is 54.3 Å². The molecule has 0 aliphatic rings. The van der Waals surface area contributed by atoms with Gasteiger partial charge in [0.15, 0.2) is 0 Å². The average Bonchev–Trinajstić information content (AvgIpc) is 2.43. The molecule has 0 radical (unpaired) electrons. The first-order valence-electron chi connectivity index (χ1n) is 6.16. The van der Waals surface area contributed by atoms with Crippen LogP contribution in [0, 0.1) is 11.3 Å². The molecule has 0 spiro atoms. The van der Waals surface area contributed by atoms with Gasteiger partial charge in [-0.05, 0) is 24.6 Å². The van der Waals surface area contributed by atoms with Gasteiger partial charge in [0.1, 0.15) is 11.8 Å². The van der Waals surface area contributed by atoms with Crippen LogP contribution in [-0.2, 0) is 4.74 Å². The lowest BCUT2D eigenvalue weighted by Crippen LogP contribution is -2.20. The number of methoxy groups -OCH3 is 2. The van der Waals surface area contributed by atoms with Crippen LogP contribution in [0.3, 0.4) is 0 Å². The number of hydrogen-bond donors (Lipinski definition) is 1. The van der Waals surface area contributed by atoms with E-state index >= 15 is 0 Å². The molecule has 0 aliphatic carbocycles. The van der Waals surface area contributed by atoms with Crippen molar-refractivity contribution < 1.29 is 9.47 Å². The number of ether oxygens (including phenoxy) is 2. The molecule has 1 aromatic carbocycles. The van der Waals surface area contributed by atoms with E-state index in [2.05, 4.69) is 24.4 Å². The van der Waals surface area contributed by atoms with Crippen LogP contribution < -0.4 is 10.1 Å². The zero-order valence-electron chi connectivity index (χ0n) is 11.7. The van der Waals surface area contributed by atoms with Gasteiger partial charge in [-0.3, -0.25) is 0 Å². The predicted octanol–water partition coefficient (Wildman–Crippen LogP) is 2.21. The molecule has 19 heavy (non-hydrogen) atoms. The Morgan fingerprint density at radius 3 is 2.84 bits per heavy atom. The summed E-state index contributed by atoms with van der Waals surface area (Å²) in [5, 5.41) is 12.3. The summed E-state index contributed by atoms with van der Waals surface area (Å²) in [4.78, 5) is 0. The van der Waals surface area contributed by atoms with Gasteiger partial charge >= 0.3 is 0 Å². The minimum absolute atomic E-state index is 0.552. The summed E-state index contributed by atoms with van der Waals surface area (Å²) in [6.07, 6.45) is 2.06. The molecule has 0 aromatic heterocycles. The minimum Gasteiger partial charge on any atom is -0.495 e. The molecule has 0 heterocycles. The third kappa shape index (κ3) is 5.12. The van der Waals surface area contributed by atoms with E-state index in [1.165, 1.54) is 5.57 Å². The average molecular weight is 260 g/mol. The number of nitriles is 1. The van der Waals surface area contributed by atoms with Crippen molar-refractivity contribution >= 4 is 6.08 Å². The van der Waals surface area contributed by atoms with Gasteiger partial charge in [-0.2, -0.15) is 5.26 Å². The SMILES string of the molecule is COCCNCC(C)=Cc1ccc(OC)c(C#N)c1. The zero-order valence-corrected chi connectivity index (χ0v) is 11.7. The van der Waals surface area contributed by atoms with Crippen molar-refractivity contribution in [2.24, 2.45) is 0 Å². The summed E-state index contributed by atoms with van der Waals surface area (Å²) in [6, 6.07) is 7.72. The van der Waals surface area contributed by atoms with Gasteiger partial charge < -0.3 is 14.8 Å². The van der Waals surface area contributed by atoms with Gasteiger partial charge in [0.05, 0.1) is 19.3 Å². The van der Waals surface area contributed by atoms with Gasteiger partial charge in [0.25, 0.3) is 0 Å². The van der Waals surface area contributed by atoms with Crippen molar-refractivity contribution in [1.29, 1.82) is 5.26 Å². The Bertz CT molecular complexity index is 476. The molecule has 4 nitrogen and oxygen atoms in total. The van der Waals surface area contributed by atoms with E-state index in [9.17, 15) is 0 Å². The molecule has 1 aromatic rings. The smallest absolute Gasteiger partial charge is 0.136 e. The molecular weight excluding hydrogens is 240 g/mol. The first-order valence-corrected chi connectivity index (χ1v) is 6.16. The minimum atomic E-state index is 0.552. The Kier molecular flexibility index (Phi) is 6.65. The van der Waals surface area contributed by atoms with Crippen molar-refractivity contribution in [3.63, 3.8) is 0 Å². The molecule has 0 fully saturated rings. The number of hydrogen-bond acceptors (Lipinski definition) is 4. The maximum absolute atomic E-state index is 9.03. The molecular formula is C15H20N2O2. The van der Waals surface area contributed by atoms with Crippen molar-refractivity contribution in [3.05, 3.63) is 34.9 Å². The van der Waals surface area contributed by atoms with Crippen molar-refractivity contribution in [2.45, 2.75) is 6.92 Å². The van der Waals surface area contributed by atoms with Crippen LogP contribution >= 0.6 is 0 Å². The quantitative estimate of drug-likeness (QED) is 0.764. The fraction of sp³-hybridized carbons (Fsp3) is 0.400. The summed E-state index contributed by atoms with van der Waals surface area (Å²) in [5.74, 6) is 0.607. The highest BCUT2D eigenvalue weighted by atomic mass is 16.5. The lowest BCUT2D eigenvalue weighted by Gasteiger charge is -2.06. The third-order valence-electron chi connectivity index (χ3n) is 2.64. The molecule has 0 atom stereocenters. The summed E-state index contributed by atoms with van der Waals surface area (Å²) in [6.45, 7) is 4.38. The lowest BCUT2D eigenvalue weighted by atomic mass is 10.1. The van der Waals surface area contributed by atoms with E-state index in [1.807, 2.05) is 18.2 Å². The van der Waals surface area contributed by atoms with Crippen LogP contribution in [0.2, 0.25) is 0 Å². The molecule has 0 amide bonds. The van der Waals surface area contributed by atoms with Crippen molar-refractivity contribution in [1.82, 2.24) is 5.32 Å². The first kappa shape index (κ1) is 15.2. The van der Waals surface area contributed by atoms with E-state index < -0.39 is 0 Å². The van der Waals surface area contributed by atoms with E-state index in [1.54, 1.807) is 14.2 Å². The van der Waals surface area contributed by atoms with Crippen molar-refractivity contribution in [3.8, 4) is 11.8 Å². The second-order valence-corrected chi connectivity index (χ2v) is 4.23. The third-order valence-corrected chi connectivity index (χ3v) is 2.64. The fourth-order valence-corrected chi connectivity index (χ4v) is 1.70. The largest absolute Gasteiger partial charge is 0.495 e. The number of rotatable bonds is 7. The van der Waals surface area contributed by atoms with E-state index in [4.69, 9.17) is 14.7 Å². The highest BCUT2D eigenvalue weighted by molar-refractivity contribution is 5.58. The molecule has 0 unspecified atom stereocenters. The second kappa shape index (κ2) is 8.30. The molecule has 1 rings (SSSR count). The van der Waals surface area contributed by atoms with Gasteiger partial charge in [0.2, 0.25) is 0 Å². The molecule has 4 heteroatoms. The zero-order chi connectivity index (χ0) is 14.1. The van der Waals surface area contributed by atoms with Gasteiger partial charge in [-0.15, -0.1) is 0 Å². The van der Waals surface area contributed by atoms with Crippen LogP contribution in [0.15, 0.2) is 23.8 Å². The maximum Gasteiger partial charge on any atom is 0.136 e. The number of benzene rings is 1. The Labute approximate surface area is 114 Å². The van der Waals surface area contributed by atoms with Crippen LogP contribution in [0.1, 0.15) is 18.1 Å². The molecule has 0 saturated heterocycles. The summed E-state index contributed by atoms with van der Waals surface area (Å²) in [7, 11) is 3.25. The Morgan fingerprint density at radius 2 is 2.21 bits per heavy atom. The Morgan fingerprint density at radius 1 is 1.42 bits per heavy atom. The highest BCUT2D eigenvalue weighted by Crippen LogP contribution is 2.20. The summed E-state index contributed by atoms with van der Waals surface area (Å²) in [5.41, 5.74) is 2.75. The van der Waals surface area contributed by atoms with E-state index in [-0.39, 0.29) is 0 Å². The number of nitrogens with zero attached hydrogens (tertiary/aromatic N) is 1. The molecule has 0 aliphatic heterocycles. The Hall–Kier alpha value is -1.83. The van der Waals surface area contributed by atoms with Crippen molar-refractivity contribution in [2.75, 3.05) is 33.9 Å². The Balaban J connectivity index is 2.67. The van der Waals surface area contributed by atoms with Crippen LogP contribution in [0.4, 0.5) is 0 Å². The fourth-order valence-electron chi connectivity index (χ4n) is 1.70. The van der Waals surface area contributed by atoms with Gasteiger partial charge in [-0.25, -0.2) is 0 Å². The molecule has 102 valence electrons. The van der Waals surface area contributed by atoms with Crippen LogP contribution in [0.5, 0.6) is 5.75 Å². The molecule has 0 saturated carbocycles. The standard InChI is InChI=1S/C15H20N2O2/c1-12(11-17-6-7-18-2)8-13-4-5-15(19-3)14(9-13)10-16/h4-5,8-9,17H,6-7,11H2,1-3H3. The van der Waals surface area contributed by atoms with Crippen LogP contribution in [-0.4, -0.2) is 33.9 Å². The monoisotopic (exact) mass is 260 g/mol. The van der Waals surface area contributed by atoms with Gasteiger partial charge in [-0.1, -0.05) is 17.7 Å². The summed E-state index contributed by atoms with van der Waals surface area (Å²) >= 11 is 0. The predicted molar refractivity (Wildman–Crippen MR) is 76.1 cm³/mol. The van der Waals surface area contributed by atoms with Crippen LogP contribution in [0.25, 0.3) is 6.08 Å². The normalized spacial score (nSPS) is 11.2.